The smallest absolute Gasteiger partial charge is 0.226 e. The Morgan fingerprint density at radius 3 is 2.23 bits per heavy atom. The Morgan fingerprint density at radius 2 is 1.67 bits per heavy atom. The average molecular weight is 404 g/mol. The maximum atomic E-state index is 12.5. The molecule has 1 aromatic carbocycles. The first-order valence-electron chi connectivity index (χ1n) is 9.73. The Morgan fingerprint density at radius 1 is 0.967 bits per heavy atom. The second kappa shape index (κ2) is 9.73. The number of ketones is 1. The van der Waals surface area contributed by atoms with E-state index in [1.807, 2.05) is 25.1 Å². The van der Waals surface area contributed by atoms with Crippen molar-refractivity contribution in [3.63, 3.8) is 0 Å². The zero-order chi connectivity index (χ0) is 21.5. The van der Waals surface area contributed by atoms with E-state index in [0.29, 0.717) is 42.2 Å². The van der Waals surface area contributed by atoms with Gasteiger partial charge in [0.25, 0.3) is 0 Å². The summed E-state index contributed by atoms with van der Waals surface area (Å²) in [5.74, 6) is 1.16. The van der Waals surface area contributed by atoms with Crippen LogP contribution < -0.4 is 9.64 Å². The van der Waals surface area contributed by atoms with Crippen LogP contribution in [0.2, 0.25) is 0 Å². The molecule has 7 nitrogen and oxygen atoms in total. The number of pyridine rings is 1. The number of Topliss-reactive ketones (excluding diaryl/α,β-unsaturated/α-hetero) is 1. The molecule has 30 heavy (non-hydrogen) atoms. The number of aromatic nitrogens is 3. The van der Waals surface area contributed by atoms with Crippen LogP contribution in [0.25, 0.3) is 11.4 Å². The lowest BCUT2D eigenvalue weighted by molar-refractivity contribution is -0.118. The average Bonchev–Trinajstić information content (AvgIpc) is 2.82. The van der Waals surface area contributed by atoms with Crippen LogP contribution in [0.15, 0.2) is 55.0 Å². The molecule has 0 saturated heterocycles. The van der Waals surface area contributed by atoms with E-state index in [1.165, 1.54) is 4.90 Å². The summed E-state index contributed by atoms with van der Waals surface area (Å²) < 4.78 is 5.04. The highest BCUT2D eigenvalue weighted by molar-refractivity contribution is 5.96. The van der Waals surface area contributed by atoms with E-state index in [0.717, 1.165) is 11.1 Å². The van der Waals surface area contributed by atoms with Gasteiger partial charge in [0, 0.05) is 43.3 Å². The number of benzene rings is 1. The van der Waals surface area contributed by atoms with E-state index in [4.69, 9.17) is 4.74 Å². The second-order valence-corrected chi connectivity index (χ2v) is 6.78. The summed E-state index contributed by atoms with van der Waals surface area (Å²) in [6.07, 6.45) is 6.41. The lowest BCUT2D eigenvalue weighted by atomic mass is 10.0. The van der Waals surface area contributed by atoms with Crippen LogP contribution in [0.3, 0.4) is 0 Å². The summed E-state index contributed by atoms with van der Waals surface area (Å²) in [6.45, 7) is 1.81. The van der Waals surface area contributed by atoms with Crippen LogP contribution in [-0.4, -0.2) is 40.8 Å². The van der Waals surface area contributed by atoms with Crippen molar-refractivity contribution in [1.29, 1.82) is 0 Å². The highest BCUT2D eigenvalue weighted by Crippen LogP contribution is 2.19. The second-order valence-electron chi connectivity index (χ2n) is 6.78. The van der Waals surface area contributed by atoms with E-state index in [9.17, 15) is 9.59 Å². The number of hydrogen-bond acceptors (Lipinski definition) is 6. The molecule has 0 aliphatic rings. The zero-order valence-corrected chi connectivity index (χ0v) is 17.3. The van der Waals surface area contributed by atoms with Crippen molar-refractivity contribution in [2.45, 2.75) is 26.2 Å². The summed E-state index contributed by atoms with van der Waals surface area (Å²) in [5.41, 5.74) is 3.08. The summed E-state index contributed by atoms with van der Waals surface area (Å²) in [5, 5.41) is 0. The third-order valence-electron chi connectivity index (χ3n) is 4.81. The lowest BCUT2D eigenvalue weighted by Crippen LogP contribution is -2.25. The van der Waals surface area contributed by atoms with Gasteiger partial charge in [0.2, 0.25) is 11.8 Å². The predicted octanol–water partition coefficient (Wildman–Crippen LogP) is 3.74. The molecule has 0 aliphatic carbocycles. The number of carbonyl (C=O) groups excluding carboxylic acids is 2. The lowest BCUT2D eigenvalue weighted by Gasteiger charge is -2.15. The fourth-order valence-corrected chi connectivity index (χ4v) is 2.91. The first-order valence-corrected chi connectivity index (χ1v) is 9.73. The molecule has 0 atom stereocenters. The number of rotatable bonds is 8. The van der Waals surface area contributed by atoms with Crippen molar-refractivity contribution in [1.82, 2.24) is 15.0 Å². The number of anilines is 1. The minimum Gasteiger partial charge on any atom is -0.481 e. The van der Waals surface area contributed by atoms with Gasteiger partial charge in [-0.05, 0) is 12.0 Å². The minimum absolute atomic E-state index is 0.000336. The van der Waals surface area contributed by atoms with Gasteiger partial charge in [-0.1, -0.05) is 37.3 Å². The van der Waals surface area contributed by atoms with Gasteiger partial charge in [0.15, 0.2) is 11.6 Å². The molecule has 3 rings (SSSR count). The summed E-state index contributed by atoms with van der Waals surface area (Å²) in [6, 6.07) is 10.9. The largest absolute Gasteiger partial charge is 0.481 e. The highest BCUT2D eigenvalue weighted by atomic mass is 16.5. The van der Waals surface area contributed by atoms with Crippen molar-refractivity contribution in [2.24, 2.45) is 0 Å². The van der Waals surface area contributed by atoms with Crippen LogP contribution >= 0.6 is 0 Å². The van der Waals surface area contributed by atoms with Gasteiger partial charge in [0.05, 0.1) is 25.2 Å². The molecule has 0 unspecified atom stereocenters. The number of hydrogen-bond donors (Lipinski definition) is 0. The molecule has 2 heterocycles. The van der Waals surface area contributed by atoms with E-state index >= 15 is 0 Å². The van der Waals surface area contributed by atoms with Crippen molar-refractivity contribution < 1.29 is 14.3 Å². The third-order valence-corrected chi connectivity index (χ3v) is 4.81. The molecule has 0 N–H and O–H groups in total. The van der Waals surface area contributed by atoms with Crippen LogP contribution in [-0.2, 0) is 11.2 Å². The van der Waals surface area contributed by atoms with E-state index in [2.05, 4.69) is 15.0 Å². The maximum absolute atomic E-state index is 12.5. The number of nitrogens with zero attached hydrogens (tertiary/aromatic N) is 4. The first-order chi connectivity index (χ1) is 14.5. The van der Waals surface area contributed by atoms with Crippen molar-refractivity contribution in [2.75, 3.05) is 19.1 Å². The molecule has 7 heteroatoms. The molecule has 0 saturated carbocycles. The molecule has 3 aromatic rings. The third kappa shape index (κ3) is 5.05. The molecular formula is C23H24N4O3. The maximum Gasteiger partial charge on any atom is 0.226 e. The van der Waals surface area contributed by atoms with Crippen molar-refractivity contribution in [3.05, 3.63) is 66.1 Å². The monoisotopic (exact) mass is 404 g/mol. The van der Waals surface area contributed by atoms with E-state index in [1.54, 1.807) is 50.9 Å². The fourth-order valence-electron chi connectivity index (χ4n) is 2.91. The summed E-state index contributed by atoms with van der Waals surface area (Å²) in [7, 11) is 3.27. The normalized spacial score (nSPS) is 10.5. The van der Waals surface area contributed by atoms with Crippen LogP contribution in [0.1, 0.15) is 35.7 Å². The number of methoxy groups -OCH3 is 1. The van der Waals surface area contributed by atoms with E-state index in [-0.39, 0.29) is 11.7 Å². The molecule has 0 spiro atoms. The molecule has 1 amide bonds. The molecule has 0 fully saturated rings. The van der Waals surface area contributed by atoms with E-state index < -0.39 is 0 Å². The fraction of sp³-hybridized carbons (Fsp3) is 0.261. The summed E-state index contributed by atoms with van der Waals surface area (Å²) >= 11 is 0. The molecule has 0 radical (unpaired) electrons. The van der Waals surface area contributed by atoms with Crippen LogP contribution in [0.4, 0.5) is 5.69 Å². The topological polar surface area (TPSA) is 85.3 Å². The molecule has 154 valence electrons. The molecule has 0 bridgehead atoms. The Hall–Kier alpha value is -3.61. The van der Waals surface area contributed by atoms with Crippen LogP contribution in [0.5, 0.6) is 5.88 Å². The number of carbonyl (C=O) groups is 2. The molecule has 2 aromatic heterocycles. The van der Waals surface area contributed by atoms with Crippen molar-refractivity contribution in [3.8, 4) is 17.3 Å². The standard InChI is InChI=1S/C23H24N4O3/c1-4-22(29)27(2)19-14-25-23(26-15-19)18-9-7-17(8-10-18)20(28)11-5-16-6-12-21(30-3)24-13-16/h6-10,12-15H,4-5,11H2,1-3H3. The Labute approximate surface area is 175 Å². The molecule has 0 aliphatic heterocycles. The van der Waals surface area contributed by atoms with Gasteiger partial charge in [-0.25, -0.2) is 15.0 Å². The Bertz CT molecular complexity index is 1000. The van der Waals surface area contributed by atoms with Gasteiger partial charge in [-0.2, -0.15) is 0 Å². The quantitative estimate of drug-likeness (QED) is 0.532. The molecular weight excluding hydrogens is 380 g/mol. The predicted molar refractivity (Wildman–Crippen MR) is 115 cm³/mol. The van der Waals surface area contributed by atoms with Crippen molar-refractivity contribution >= 4 is 17.4 Å². The minimum atomic E-state index is -0.000336. The Kier molecular flexibility index (Phi) is 6.85. The summed E-state index contributed by atoms with van der Waals surface area (Å²) in [4.78, 5) is 38.6. The van der Waals surface area contributed by atoms with Gasteiger partial charge in [0.1, 0.15) is 0 Å². The number of aryl methyl sites for hydroxylation is 1. The number of ether oxygens (including phenoxy) is 1. The zero-order valence-electron chi connectivity index (χ0n) is 17.3. The van der Waals surface area contributed by atoms with Gasteiger partial charge >= 0.3 is 0 Å². The van der Waals surface area contributed by atoms with Gasteiger partial charge < -0.3 is 9.64 Å². The van der Waals surface area contributed by atoms with Crippen LogP contribution in [0, 0.1) is 0 Å². The SMILES string of the molecule is CCC(=O)N(C)c1cnc(-c2ccc(C(=O)CCc3ccc(OC)nc3)cc2)nc1. The Balaban J connectivity index is 1.62. The van der Waals surface area contributed by atoms with Gasteiger partial charge in [-0.15, -0.1) is 0 Å². The van der Waals surface area contributed by atoms with Gasteiger partial charge in [-0.3, -0.25) is 9.59 Å². The number of amides is 1. The first kappa shape index (κ1) is 21.1. The highest BCUT2D eigenvalue weighted by Gasteiger charge is 2.11.